The van der Waals surface area contributed by atoms with E-state index in [4.69, 9.17) is 11.6 Å². The number of alkyl halides is 3. The second-order valence-electron chi connectivity index (χ2n) is 6.72. The number of fused-ring (bicyclic) bond motifs is 1. The van der Waals surface area contributed by atoms with Crippen molar-refractivity contribution in [3.8, 4) is 0 Å². The molecule has 0 saturated carbocycles. The van der Waals surface area contributed by atoms with Gasteiger partial charge in [0.15, 0.2) is 0 Å². The predicted molar refractivity (Wildman–Crippen MR) is 103 cm³/mol. The van der Waals surface area contributed by atoms with Crippen molar-refractivity contribution >= 4 is 21.6 Å². The van der Waals surface area contributed by atoms with Crippen LogP contribution >= 0.6 is 11.6 Å². The van der Waals surface area contributed by atoms with Crippen LogP contribution in [0.15, 0.2) is 71.8 Å². The molecule has 0 spiro atoms. The third-order valence-electron chi connectivity index (χ3n) is 4.95. The predicted octanol–water partition coefficient (Wildman–Crippen LogP) is 4.95. The molecular formula is C20H16ClF3N2O2S. The van der Waals surface area contributed by atoms with E-state index in [0.29, 0.717) is 23.2 Å². The minimum Gasteiger partial charge on any atom is -0.348 e. The summed E-state index contributed by atoms with van der Waals surface area (Å²) in [5.74, 6) is 0. The summed E-state index contributed by atoms with van der Waals surface area (Å²) < 4.78 is 69.3. The number of nitrogens with zero attached hydrogens (tertiary/aromatic N) is 2. The lowest BCUT2D eigenvalue weighted by molar-refractivity contribution is -0.137. The molecule has 0 N–H and O–H groups in total. The van der Waals surface area contributed by atoms with Crippen molar-refractivity contribution in [1.82, 2.24) is 8.87 Å². The highest BCUT2D eigenvalue weighted by atomic mass is 35.5. The molecule has 1 aromatic heterocycles. The van der Waals surface area contributed by atoms with Gasteiger partial charge in [0, 0.05) is 30.0 Å². The van der Waals surface area contributed by atoms with E-state index in [1.807, 2.05) is 22.9 Å². The Hall–Kier alpha value is -2.29. The Bertz CT molecular complexity index is 1140. The normalized spacial score (nSPS) is 17.9. The average Bonchev–Trinajstić information content (AvgIpc) is 3.16. The third-order valence-corrected chi connectivity index (χ3v) is 7.06. The molecule has 152 valence electrons. The lowest BCUT2D eigenvalue weighted by atomic mass is 10.0. The van der Waals surface area contributed by atoms with Gasteiger partial charge in [-0.15, -0.1) is 0 Å². The van der Waals surface area contributed by atoms with Gasteiger partial charge >= 0.3 is 6.18 Å². The maximum atomic E-state index is 13.4. The first kappa shape index (κ1) is 20.0. The molecule has 3 aromatic rings. The molecule has 0 amide bonds. The molecule has 4 nitrogen and oxygen atoms in total. The first-order valence-corrected chi connectivity index (χ1v) is 10.6. The van der Waals surface area contributed by atoms with Gasteiger partial charge < -0.3 is 4.57 Å². The molecule has 1 aliphatic rings. The summed E-state index contributed by atoms with van der Waals surface area (Å²) in [6, 6.07) is 13.6. The highest BCUT2D eigenvalue weighted by molar-refractivity contribution is 7.89. The average molecular weight is 441 g/mol. The highest BCUT2D eigenvalue weighted by Crippen LogP contribution is 2.38. The van der Waals surface area contributed by atoms with E-state index in [-0.39, 0.29) is 11.4 Å². The van der Waals surface area contributed by atoms with Gasteiger partial charge in [-0.2, -0.15) is 17.5 Å². The summed E-state index contributed by atoms with van der Waals surface area (Å²) in [6.45, 7) is 0.540. The maximum absolute atomic E-state index is 13.4. The van der Waals surface area contributed by atoms with Crippen LogP contribution in [0.2, 0.25) is 5.02 Å². The minimum atomic E-state index is -4.63. The smallest absolute Gasteiger partial charge is 0.348 e. The molecule has 0 aliphatic carbocycles. The van der Waals surface area contributed by atoms with Gasteiger partial charge in [-0.05, 0) is 48.0 Å². The molecule has 1 atom stereocenters. The number of hydrogen-bond donors (Lipinski definition) is 0. The first-order chi connectivity index (χ1) is 13.7. The van der Waals surface area contributed by atoms with Crippen LogP contribution in [0.3, 0.4) is 0 Å². The molecule has 4 rings (SSSR count). The van der Waals surface area contributed by atoms with Crippen molar-refractivity contribution in [3.63, 3.8) is 0 Å². The monoisotopic (exact) mass is 440 g/mol. The molecule has 0 fully saturated rings. The quantitative estimate of drug-likeness (QED) is 0.578. The number of hydrogen-bond acceptors (Lipinski definition) is 2. The number of rotatable bonds is 3. The highest BCUT2D eigenvalue weighted by Gasteiger charge is 2.39. The topological polar surface area (TPSA) is 42.3 Å². The number of halogens is 4. The lowest BCUT2D eigenvalue weighted by Crippen LogP contribution is -2.42. The number of benzene rings is 2. The van der Waals surface area contributed by atoms with Crippen molar-refractivity contribution in [1.29, 1.82) is 0 Å². The number of sulfonamides is 1. The fourth-order valence-corrected chi connectivity index (χ4v) is 5.32. The lowest BCUT2D eigenvalue weighted by Gasteiger charge is -2.36. The zero-order chi connectivity index (χ0) is 20.8. The molecule has 9 heteroatoms. The van der Waals surface area contributed by atoms with Crippen LogP contribution in [0, 0.1) is 0 Å². The van der Waals surface area contributed by atoms with Gasteiger partial charge in [0.25, 0.3) is 0 Å². The van der Waals surface area contributed by atoms with Crippen LogP contribution in [0.5, 0.6) is 0 Å². The van der Waals surface area contributed by atoms with Gasteiger partial charge in [-0.25, -0.2) is 8.42 Å². The molecule has 1 aliphatic heterocycles. The first-order valence-electron chi connectivity index (χ1n) is 8.77. The fourth-order valence-electron chi connectivity index (χ4n) is 3.57. The summed E-state index contributed by atoms with van der Waals surface area (Å²) in [7, 11) is -4.19. The third kappa shape index (κ3) is 3.68. The second kappa shape index (κ2) is 7.19. The molecular weight excluding hydrogens is 425 g/mol. The van der Waals surface area contributed by atoms with Crippen LogP contribution in [0.4, 0.5) is 13.2 Å². The molecule has 0 radical (unpaired) electrons. The van der Waals surface area contributed by atoms with Crippen LogP contribution in [-0.4, -0.2) is 23.8 Å². The van der Waals surface area contributed by atoms with E-state index in [0.717, 1.165) is 17.8 Å². The summed E-state index contributed by atoms with van der Waals surface area (Å²) in [4.78, 5) is -0.383. The van der Waals surface area contributed by atoms with Gasteiger partial charge in [0.1, 0.15) is 0 Å². The SMILES string of the molecule is O=S(=O)(c1cccc(C(F)(F)F)c1)N1CCn2cccc2C1c1ccc(Cl)cc1. The summed E-state index contributed by atoms with van der Waals surface area (Å²) in [5.41, 5.74) is 0.431. The minimum absolute atomic E-state index is 0.132. The molecule has 0 bridgehead atoms. The van der Waals surface area contributed by atoms with Crippen LogP contribution in [0.1, 0.15) is 22.9 Å². The van der Waals surface area contributed by atoms with Crippen molar-refractivity contribution in [2.45, 2.75) is 23.7 Å². The van der Waals surface area contributed by atoms with Gasteiger partial charge in [0.2, 0.25) is 10.0 Å². The van der Waals surface area contributed by atoms with Gasteiger partial charge in [-0.3, -0.25) is 0 Å². The van der Waals surface area contributed by atoms with E-state index in [1.54, 1.807) is 24.3 Å². The van der Waals surface area contributed by atoms with E-state index in [9.17, 15) is 21.6 Å². The summed E-state index contributed by atoms with van der Waals surface area (Å²) >= 11 is 5.97. The summed E-state index contributed by atoms with van der Waals surface area (Å²) in [6.07, 6.45) is -2.77. The van der Waals surface area contributed by atoms with Crippen molar-refractivity contribution < 1.29 is 21.6 Å². The second-order valence-corrected chi connectivity index (χ2v) is 9.05. The van der Waals surface area contributed by atoms with Crippen molar-refractivity contribution in [2.24, 2.45) is 0 Å². The zero-order valence-electron chi connectivity index (χ0n) is 15.0. The molecule has 2 heterocycles. The van der Waals surface area contributed by atoms with Crippen LogP contribution < -0.4 is 0 Å². The van der Waals surface area contributed by atoms with E-state index in [2.05, 4.69) is 0 Å². The Labute approximate surface area is 171 Å². The Morgan fingerprint density at radius 3 is 2.38 bits per heavy atom. The van der Waals surface area contributed by atoms with Crippen LogP contribution in [-0.2, 0) is 22.7 Å². The summed E-state index contributed by atoms with van der Waals surface area (Å²) in [5, 5.41) is 0.507. The molecule has 29 heavy (non-hydrogen) atoms. The van der Waals surface area contributed by atoms with Crippen LogP contribution in [0.25, 0.3) is 0 Å². The van der Waals surface area contributed by atoms with Crippen molar-refractivity contribution in [2.75, 3.05) is 6.54 Å². The Kier molecular flexibility index (Phi) is 4.96. The standard InChI is InChI=1S/C20H16ClF3N2O2S/c21-16-8-6-14(7-9-16)19-18-5-2-10-25(18)11-12-26(19)29(27,28)17-4-1-3-15(13-17)20(22,23)24/h1-10,13,19H,11-12H2. The molecule has 1 unspecified atom stereocenters. The van der Waals surface area contributed by atoms with Gasteiger partial charge in [0.05, 0.1) is 16.5 Å². The van der Waals surface area contributed by atoms with E-state index >= 15 is 0 Å². The fraction of sp³-hybridized carbons (Fsp3) is 0.200. The number of aromatic nitrogens is 1. The Morgan fingerprint density at radius 2 is 1.69 bits per heavy atom. The largest absolute Gasteiger partial charge is 0.416 e. The molecule has 0 saturated heterocycles. The van der Waals surface area contributed by atoms with Crippen molar-refractivity contribution in [3.05, 3.63) is 88.7 Å². The molecule has 2 aromatic carbocycles. The van der Waals surface area contributed by atoms with E-state index < -0.39 is 27.8 Å². The maximum Gasteiger partial charge on any atom is 0.416 e. The Morgan fingerprint density at radius 1 is 0.966 bits per heavy atom. The Balaban J connectivity index is 1.83. The zero-order valence-corrected chi connectivity index (χ0v) is 16.5. The van der Waals surface area contributed by atoms with Gasteiger partial charge in [-0.1, -0.05) is 29.8 Å². The van der Waals surface area contributed by atoms with E-state index in [1.165, 1.54) is 10.4 Å².